The topological polar surface area (TPSA) is 152 Å². The maximum atomic E-state index is 13.7. The van der Waals surface area contributed by atoms with Gasteiger partial charge in [0, 0.05) is 25.7 Å². The molecule has 208 valence electrons. The van der Waals surface area contributed by atoms with Crippen molar-refractivity contribution >= 4 is 46.1 Å². The number of aromatic amines is 1. The first-order valence-electron chi connectivity index (χ1n) is 13.2. The molecule has 10 nitrogen and oxygen atoms in total. The van der Waals surface area contributed by atoms with Gasteiger partial charge < -0.3 is 26.1 Å². The Morgan fingerprint density at radius 2 is 1.88 bits per heavy atom. The van der Waals surface area contributed by atoms with Gasteiger partial charge in [-0.05, 0) is 52.9 Å². The van der Waals surface area contributed by atoms with E-state index in [2.05, 4.69) is 25.6 Å². The van der Waals surface area contributed by atoms with E-state index in [1.807, 2.05) is 48.5 Å². The third kappa shape index (κ3) is 6.50. The van der Waals surface area contributed by atoms with Gasteiger partial charge in [-0.25, -0.2) is 9.78 Å². The summed E-state index contributed by atoms with van der Waals surface area (Å²) in [4.78, 5) is 50.6. The van der Waals surface area contributed by atoms with E-state index in [-0.39, 0.29) is 30.5 Å². The number of rotatable bonds is 9. The lowest BCUT2D eigenvalue weighted by atomic mass is 9.84. The summed E-state index contributed by atoms with van der Waals surface area (Å²) in [7, 11) is 1.31. The number of allylic oxidation sites excluding steroid dienone is 1. The van der Waals surface area contributed by atoms with E-state index < -0.39 is 11.9 Å². The Balaban J connectivity index is 1.35. The van der Waals surface area contributed by atoms with Crippen LogP contribution in [0.5, 0.6) is 0 Å². The third-order valence-corrected chi connectivity index (χ3v) is 6.86. The number of hydrogen-bond donors (Lipinski definition) is 4. The molecule has 1 atom stereocenters. The zero-order valence-corrected chi connectivity index (χ0v) is 22.5. The number of fused-ring (bicyclic) bond motifs is 1. The van der Waals surface area contributed by atoms with E-state index in [0.29, 0.717) is 35.6 Å². The number of amidine groups is 1. The van der Waals surface area contributed by atoms with E-state index in [4.69, 9.17) is 10.5 Å². The van der Waals surface area contributed by atoms with Crippen molar-refractivity contribution in [2.45, 2.75) is 19.4 Å². The fourth-order valence-corrected chi connectivity index (χ4v) is 4.76. The smallest absolute Gasteiger partial charge is 0.337 e. The van der Waals surface area contributed by atoms with Crippen molar-refractivity contribution in [3.63, 3.8) is 0 Å². The molecule has 10 heteroatoms. The molecule has 41 heavy (non-hydrogen) atoms. The summed E-state index contributed by atoms with van der Waals surface area (Å²) in [5.41, 5.74) is 10.8. The van der Waals surface area contributed by atoms with Crippen molar-refractivity contribution in [1.82, 2.24) is 20.6 Å². The molecule has 3 aromatic carbocycles. The number of amides is 1. The first-order valence-corrected chi connectivity index (χ1v) is 13.2. The molecule has 4 aromatic rings. The summed E-state index contributed by atoms with van der Waals surface area (Å²) in [6.07, 6.45) is 2.27. The fourth-order valence-electron chi connectivity index (χ4n) is 4.76. The Labute approximate surface area is 236 Å². The van der Waals surface area contributed by atoms with Crippen LogP contribution in [0, 0.1) is 5.92 Å². The lowest BCUT2D eigenvalue weighted by Crippen LogP contribution is -2.40. The molecule has 1 amide bonds. The van der Waals surface area contributed by atoms with Gasteiger partial charge in [-0.2, -0.15) is 0 Å². The van der Waals surface area contributed by atoms with Crippen molar-refractivity contribution in [2.75, 3.05) is 19.4 Å². The molecule has 2 heterocycles. The summed E-state index contributed by atoms with van der Waals surface area (Å²) < 4.78 is 4.85. The molecular weight excluding hydrogens is 520 g/mol. The third-order valence-electron chi connectivity index (χ3n) is 6.86. The van der Waals surface area contributed by atoms with Crippen LogP contribution in [0.4, 0.5) is 5.95 Å². The quantitative estimate of drug-likeness (QED) is 0.233. The van der Waals surface area contributed by atoms with Crippen LogP contribution in [0.1, 0.15) is 33.5 Å². The van der Waals surface area contributed by atoms with Crippen LogP contribution < -0.4 is 16.4 Å². The van der Waals surface area contributed by atoms with Gasteiger partial charge in [0.25, 0.3) is 0 Å². The van der Waals surface area contributed by atoms with E-state index in [0.717, 1.165) is 22.2 Å². The summed E-state index contributed by atoms with van der Waals surface area (Å²) >= 11 is 0. The Bertz CT molecular complexity index is 1660. The molecule has 5 N–H and O–H groups in total. The summed E-state index contributed by atoms with van der Waals surface area (Å²) in [6.45, 7) is 0.681. The van der Waals surface area contributed by atoms with Crippen molar-refractivity contribution in [3.8, 4) is 0 Å². The highest BCUT2D eigenvalue weighted by Gasteiger charge is 2.33. The largest absolute Gasteiger partial charge is 0.465 e. The number of nitrogen functional groups attached to an aromatic ring is 1. The number of anilines is 1. The van der Waals surface area contributed by atoms with Crippen LogP contribution in [0.2, 0.25) is 0 Å². The minimum atomic E-state index is -0.797. The highest BCUT2D eigenvalue weighted by Crippen LogP contribution is 2.30. The van der Waals surface area contributed by atoms with E-state index in [1.54, 1.807) is 30.5 Å². The van der Waals surface area contributed by atoms with Crippen LogP contribution in [-0.4, -0.2) is 47.1 Å². The second-order valence-electron chi connectivity index (χ2n) is 9.65. The molecule has 0 spiro atoms. The van der Waals surface area contributed by atoms with Gasteiger partial charge in [0.2, 0.25) is 11.7 Å². The molecule has 0 fully saturated rings. The van der Waals surface area contributed by atoms with Gasteiger partial charge in [0.15, 0.2) is 11.8 Å². The van der Waals surface area contributed by atoms with Crippen molar-refractivity contribution < 1.29 is 19.1 Å². The molecule has 1 aliphatic heterocycles. The van der Waals surface area contributed by atoms with Crippen molar-refractivity contribution in [1.29, 1.82) is 0 Å². The number of carbonyl (C=O) groups is 3. The Morgan fingerprint density at radius 3 is 2.68 bits per heavy atom. The van der Waals surface area contributed by atoms with Crippen LogP contribution in [0.25, 0.3) is 16.6 Å². The van der Waals surface area contributed by atoms with Gasteiger partial charge in [0.1, 0.15) is 0 Å². The summed E-state index contributed by atoms with van der Waals surface area (Å²) in [5.74, 6) is -1.35. The lowest BCUT2D eigenvalue weighted by Gasteiger charge is -2.25. The number of hydrogen-bond acceptors (Lipinski definition) is 7. The predicted octanol–water partition coefficient (Wildman–Crippen LogP) is 3.41. The number of nitrogens with zero attached hydrogens (tertiary/aromatic N) is 2. The number of ketones is 1. The van der Waals surface area contributed by atoms with Gasteiger partial charge in [-0.1, -0.05) is 48.5 Å². The molecule has 1 aliphatic rings. The number of H-pyrrole nitrogens is 1. The number of nitrogens with two attached hydrogens (primary N) is 1. The Hall–Kier alpha value is -5.25. The maximum Gasteiger partial charge on any atom is 0.337 e. The normalized spacial score (nSPS) is 15.8. The first-order chi connectivity index (χ1) is 19.9. The number of esters is 1. The molecule has 5 rings (SSSR count). The summed E-state index contributed by atoms with van der Waals surface area (Å²) in [5, 5.41) is 5.93. The number of methoxy groups -OCH3 is 1. The molecule has 0 saturated carbocycles. The zero-order chi connectivity index (χ0) is 28.8. The number of nitrogens with one attached hydrogen (secondary N) is 3. The first kappa shape index (κ1) is 27.3. The summed E-state index contributed by atoms with van der Waals surface area (Å²) in [6, 6.07) is 22.2. The SMILES string of the molecule is COC(=O)c1cccc(C2=CNC(=NCCc3ccccc3)C(=O)C2CC(=O)NCc2ccc3nc(N)[nH]c3c2)c1. The maximum absolute atomic E-state index is 13.7. The molecular formula is C31H30N6O4. The fraction of sp³-hybridized carbons (Fsp3) is 0.194. The van der Waals surface area contributed by atoms with E-state index in [1.165, 1.54) is 7.11 Å². The average molecular weight is 551 g/mol. The second kappa shape index (κ2) is 12.3. The second-order valence-corrected chi connectivity index (χ2v) is 9.65. The number of aliphatic imine (C=N–C) groups is 1. The Morgan fingerprint density at radius 1 is 1.05 bits per heavy atom. The van der Waals surface area contributed by atoms with Crippen LogP contribution in [0.15, 0.2) is 84.0 Å². The molecule has 0 saturated heterocycles. The number of ether oxygens (including phenoxy) is 1. The molecule has 0 bridgehead atoms. The number of Topliss-reactive ketones (excluding diaryl/α,β-unsaturated/α-hetero) is 1. The van der Waals surface area contributed by atoms with Crippen molar-refractivity contribution in [2.24, 2.45) is 10.9 Å². The highest BCUT2D eigenvalue weighted by atomic mass is 16.5. The molecule has 0 aliphatic carbocycles. The van der Waals surface area contributed by atoms with Gasteiger partial charge in [-0.3, -0.25) is 14.6 Å². The van der Waals surface area contributed by atoms with Gasteiger partial charge in [0.05, 0.1) is 29.6 Å². The van der Waals surface area contributed by atoms with E-state index >= 15 is 0 Å². The number of imidazole rings is 1. The minimum absolute atomic E-state index is 0.0915. The number of carbonyl (C=O) groups excluding carboxylic acids is 3. The lowest BCUT2D eigenvalue weighted by molar-refractivity contribution is -0.125. The molecule has 1 unspecified atom stereocenters. The highest BCUT2D eigenvalue weighted by molar-refractivity contribution is 6.43. The van der Waals surface area contributed by atoms with Gasteiger partial charge >= 0.3 is 5.97 Å². The molecule has 0 radical (unpaired) electrons. The van der Waals surface area contributed by atoms with Crippen molar-refractivity contribution in [3.05, 3.63) is 101 Å². The van der Waals surface area contributed by atoms with Crippen LogP contribution in [-0.2, 0) is 27.3 Å². The van der Waals surface area contributed by atoms with Crippen LogP contribution >= 0.6 is 0 Å². The standard InChI is InChI=1S/C31H30N6O4/c1-41-30(40)22-9-5-8-21(15-22)24-18-35-29(33-13-12-19-6-3-2-4-7-19)28(39)23(24)16-27(38)34-17-20-10-11-25-26(14-20)37-31(32)36-25/h2-11,14-15,18,23H,12-13,16-17H2,1H3,(H,33,35)(H,34,38)(H3,32,36,37). The average Bonchev–Trinajstić information content (AvgIpc) is 3.37. The van der Waals surface area contributed by atoms with Crippen LogP contribution in [0.3, 0.4) is 0 Å². The molecule has 1 aromatic heterocycles. The number of benzene rings is 3. The Kier molecular flexibility index (Phi) is 8.19. The number of aromatic nitrogens is 2. The predicted molar refractivity (Wildman–Crippen MR) is 157 cm³/mol. The van der Waals surface area contributed by atoms with E-state index in [9.17, 15) is 14.4 Å². The minimum Gasteiger partial charge on any atom is -0.465 e. The van der Waals surface area contributed by atoms with Gasteiger partial charge in [-0.15, -0.1) is 0 Å². The zero-order valence-electron chi connectivity index (χ0n) is 22.5. The monoisotopic (exact) mass is 550 g/mol.